The summed E-state index contributed by atoms with van der Waals surface area (Å²) in [5.74, 6) is 0.894. The maximum absolute atomic E-state index is 5.23. The van der Waals surface area contributed by atoms with Gasteiger partial charge in [0.25, 0.3) is 0 Å². The molecule has 1 aromatic carbocycles. The van der Waals surface area contributed by atoms with E-state index in [2.05, 4.69) is 34.7 Å². The van der Waals surface area contributed by atoms with Crippen LogP contribution in [0.2, 0.25) is 0 Å². The summed E-state index contributed by atoms with van der Waals surface area (Å²) in [6.45, 7) is 4.97. The Bertz CT molecular complexity index is 510. The summed E-state index contributed by atoms with van der Waals surface area (Å²) < 4.78 is 5.23. The van der Waals surface area contributed by atoms with Crippen LogP contribution in [0.25, 0.3) is 0 Å². The highest BCUT2D eigenvalue weighted by Crippen LogP contribution is 2.19. The molecule has 0 aliphatic heterocycles. The molecular formula is C14H18N2OS. The Labute approximate surface area is 112 Å². The molecule has 0 aliphatic rings. The van der Waals surface area contributed by atoms with Gasteiger partial charge in [-0.3, -0.25) is 0 Å². The van der Waals surface area contributed by atoms with Gasteiger partial charge in [-0.2, -0.15) is 0 Å². The van der Waals surface area contributed by atoms with Gasteiger partial charge in [-0.1, -0.05) is 12.1 Å². The molecule has 2 rings (SSSR count). The van der Waals surface area contributed by atoms with Gasteiger partial charge in [-0.25, -0.2) is 4.98 Å². The number of nitrogens with one attached hydrogen (secondary N) is 1. The van der Waals surface area contributed by atoms with E-state index >= 15 is 0 Å². The third-order valence-corrected chi connectivity index (χ3v) is 3.67. The molecular weight excluding hydrogens is 244 g/mol. The van der Waals surface area contributed by atoms with Crippen molar-refractivity contribution in [2.45, 2.75) is 26.4 Å². The third kappa shape index (κ3) is 3.31. The maximum Gasteiger partial charge on any atom is 0.119 e. The van der Waals surface area contributed by atoms with E-state index in [1.165, 1.54) is 5.56 Å². The first-order valence-corrected chi connectivity index (χ1v) is 6.85. The van der Waals surface area contributed by atoms with Crippen molar-refractivity contribution >= 4 is 11.3 Å². The topological polar surface area (TPSA) is 34.1 Å². The van der Waals surface area contributed by atoms with Gasteiger partial charge < -0.3 is 10.1 Å². The Kier molecular flexibility index (Phi) is 4.33. The number of thiazole rings is 1. The molecule has 0 saturated carbocycles. The lowest BCUT2D eigenvalue weighted by atomic mass is 10.1. The zero-order valence-electron chi connectivity index (χ0n) is 10.9. The van der Waals surface area contributed by atoms with Crippen LogP contribution in [-0.4, -0.2) is 12.1 Å². The third-order valence-electron chi connectivity index (χ3n) is 2.85. The lowest BCUT2D eigenvalue weighted by Crippen LogP contribution is -2.18. The fourth-order valence-corrected chi connectivity index (χ4v) is 2.39. The SMILES string of the molecule is COc1cccc(C(C)NCc2csc(C)n2)c1. The molecule has 3 nitrogen and oxygen atoms in total. The molecule has 1 atom stereocenters. The molecule has 0 aliphatic carbocycles. The van der Waals surface area contributed by atoms with Gasteiger partial charge in [0.05, 0.1) is 17.8 Å². The Balaban J connectivity index is 1.96. The largest absolute Gasteiger partial charge is 0.497 e. The van der Waals surface area contributed by atoms with E-state index in [1.54, 1.807) is 18.4 Å². The number of hydrogen-bond acceptors (Lipinski definition) is 4. The molecule has 0 radical (unpaired) electrons. The van der Waals surface area contributed by atoms with Crippen molar-refractivity contribution in [2.24, 2.45) is 0 Å². The average molecular weight is 262 g/mol. The molecule has 0 spiro atoms. The van der Waals surface area contributed by atoms with Gasteiger partial charge in [-0.15, -0.1) is 11.3 Å². The summed E-state index contributed by atoms with van der Waals surface area (Å²) >= 11 is 1.69. The predicted molar refractivity (Wildman–Crippen MR) is 75.1 cm³/mol. The first-order valence-electron chi connectivity index (χ1n) is 5.97. The standard InChI is InChI=1S/C14H18N2OS/c1-10(12-5-4-6-14(7-12)17-3)15-8-13-9-18-11(2)16-13/h4-7,9-10,15H,8H2,1-3H3. The zero-order chi connectivity index (χ0) is 13.0. The van der Waals surface area contributed by atoms with Crippen molar-refractivity contribution in [1.82, 2.24) is 10.3 Å². The number of hydrogen-bond donors (Lipinski definition) is 1. The van der Waals surface area contributed by atoms with Crippen molar-refractivity contribution in [2.75, 3.05) is 7.11 Å². The van der Waals surface area contributed by atoms with Crippen molar-refractivity contribution in [1.29, 1.82) is 0 Å². The first kappa shape index (κ1) is 13.1. The van der Waals surface area contributed by atoms with Crippen LogP contribution >= 0.6 is 11.3 Å². The van der Waals surface area contributed by atoms with E-state index in [9.17, 15) is 0 Å². The molecule has 96 valence electrons. The lowest BCUT2D eigenvalue weighted by molar-refractivity contribution is 0.413. The minimum Gasteiger partial charge on any atom is -0.497 e. The van der Waals surface area contributed by atoms with Crippen LogP contribution < -0.4 is 10.1 Å². The minimum absolute atomic E-state index is 0.280. The summed E-state index contributed by atoms with van der Waals surface area (Å²) in [5, 5.41) is 6.68. The van der Waals surface area contributed by atoms with Crippen molar-refractivity contribution in [3.63, 3.8) is 0 Å². The summed E-state index contributed by atoms with van der Waals surface area (Å²) in [7, 11) is 1.69. The average Bonchev–Trinajstić information content (AvgIpc) is 2.82. The highest BCUT2D eigenvalue weighted by Gasteiger charge is 2.06. The molecule has 1 aromatic heterocycles. The minimum atomic E-state index is 0.280. The van der Waals surface area contributed by atoms with Gasteiger partial charge in [0, 0.05) is 18.0 Å². The van der Waals surface area contributed by atoms with Crippen molar-refractivity contribution in [3.05, 3.63) is 45.9 Å². The molecule has 0 bridgehead atoms. The van der Waals surface area contributed by atoms with E-state index in [4.69, 9.17) is 4.74 Å². The highest BCUT2D eigenvalue weighted by atomic mass is 32.1. The fraction of sp³-hybridized carbons (Fsp3) is 0.357. The van der Waals surface area contributed by atoms with Gasteiger partial charge in [0.15, 0.2) is 0 Å². The van der Waals surface area contributed by atoms with Crippen LogP contribution in [0.3, 0.4) is 0 Å². The summed E-state index contributed by atoms with van der Waals surface area (Å²) in [6, 6.07) is 8.41. The Morgan fingerprint density at radius 1 is 1.44 bits per heavy atom. The Morgan fingerprint density at radius 3 is 2.94 bits per heavy atom. The smallest absolute Gasteiger partial charge is 0.119 e. The van der Waals surface area contributed by atoms with Gasteiger partial charge in [-0.05, 0) is 31.5 Å². The van der Waals surface area contributed by atoms with Gasteiger partial charge in [0.1, 0.15) is 5.75 Å². The van der Waals surface area contributed by atoms with E-state index in [-0.39, 0.29) is 6.04 Å². The summed E-state index contributed by atoms with van der Waals surface area (Å²) in [6.07, 6.45) is 0. The van der Waals surface area contributed by atoms with Crippen molar-refractivity contribution in [3.8, 4) is 5.75 Å². The lowest BCUT2D eigenvalue weighted by Gasteiger charge is -2.14. The first-order chi connectivity index (χ1) is 8.69. The van der Waals surface area contributed by atoms with Crippen LogP contribution in [0.5, 0.6) is 5.75 Å². The van der Waals surface area contributed by atoms with Crippen LogP contribution in [0.15, 0.2) is 29.6 Å². The predicted octanol–water partition coefficient (Wildman–Crippen LogP) is 3.31. The van der Waals surface area contributed by atoms with Crippen LogP contribution in [0.1, 0.15) is 29.2 Å². The van der Waals surface area contributed by atoms with Crippen molar-refractivity contribution < 1.29 is 4.74 Å². The second-order valence-corrected chi connectivity index (χ2v) is 5.30. The fourth-order valence-electron chi connectivity index (χ4n) is 1.78. The molecule has 1 N–H and O–H groups in total. The quantitative estimate of drug-likeness (QED) is 0.897. The normalized spacial score (nSPS) is 12.4. The molecule has 1 heterocycles. The molecule has 1 unspecified atom stereocenters. The monoisotopic (exact) mass is 262 g/mol. The molecule has 0 amide bonds. The molecule has 0 saturated heterocycles. The maximum atomic E-state index is 5.23. The Hall–Kier alpha value is -1.39. The van der Waals surface area contributed by atoms with Crippen LogP contribution in [0.4, 0.5) is 0 Å². The zero-order valence-corrected chi connectivity index (χ0v) is 11.8. The second kappa shape index (κ2) is 5.98. The molecule has 18 heavy (non-hydrogen) atoms. The number of rotatable bonds is 5. The number of benzene rings is 1. The number of aryl methyl sites for hydroxylation is 1. The van der Waals surface area contributed by atoms with E-state index in [0.29, 0.717) is 0 Å². The Morgan fingerprint density at radius 2 is 2.28 bits per heavy atom. The number of methoxy groups -OCH3 is 1. The number of nitrogens with zero attached hydrogens (tertiary/aromatic N) is 1. The van der Waals surface area contributed by atoms with E-state index in [0.717, 1.165) is 23.0 Å². The highest BCUT2D eigenvalue weighted by molar-refractivity contribution is 7.09. The van der Waals surface area contributed by atoms with E-state index in [1.807, 2.05) is 19.1 Å². The van der Waals surface area contributed by atoms with E-state index < -0.39 is 0 Å². The van der Waals surface area contributed by atoms with Gasteiger partial charge in [0.2, 0.25) is 0 Å². The molecule has 0 fully saturated rings. The van der Waals surface area contributed by atoms with Crippen LogP contribution in [0, 0.1) is 6.92 Å². The number of ether oxygens (including phenoxy) is 1. The second-order valence-electron chi connectivity index (χ2n) is 4.24. The summed E-state index contributed by atoms with van der Waals surface area (Å²) in [5.41, 5.74) is 2.33. The molecule has 4 heteroatoms. The number of aromatic nitrogens is 1. The molecule has 2 aromatic rings. The van der Waals surface area contributed by atoms with Gasteiger partial charge >= 0.3 is 0 Å². The van der Waals surface area contributed by atoms with Crippen LogP contribution in [-0.2, 0) is 6.54 Å². The summed E-state index contributed by atoms with van der Waals surface area (Å²) in [4.78, 5) is 4.44.